The van der Waals surface area contributed by atoms with Crippen LogP contribution < -0.4 is 5.73 Å². The summed E-state index contributed by atoms with van der Waals surface area (Å²) >= 11 is 1.46. The van der Waals surface area contributed by atoms with E-state index in [2.05, 4.69) is 0 Å². The summed E-state index contributed by atoms with van der Waals surface area (Å²) in [6.07, 6.45) is 2.36. The van der Waals surface area contributed by atoms with E-state index < -0.39 is 18.0 Å². The number of fused-ring (bicyclic) bond motifs is 1. The number of primary amides is 1. The molecule has 1 aliphatic carbocycles. The molecule has 1 atom stereocenters. The van der Waals surface area contributed by atoms with Gasteiger partial charge < -0.3 is 10.5 Å². The molecule has 86 valence electrons. The first-order chi connectivity index (χ1) is 7.58. The Morgan fingerprint density at radius 1 is 1.50 bits per heavy atom. The molecule has 4 nitrogen and oxygen atoms in total. The minimum Gasteiger partial charge on any atom is -0.448 e. The average molecular weight is 239 g/mol. The van der Waals surface area contributed by atoms with Gasteiger partial charge in [0.05, 0.1) is 0 Å². The van der Waals surface area contributed by atoms with Crippen LogP contribution in [0.3, 0.4) is 0 Å². The van der Waals surface area contributed by atoms with Crippen LogP contribution in [-0.4, -0.2) is 18.0 Å². The Morgan fingerprint density at radius 3 is 2.88 bits per heavy atom. The van der Waals surface area contributed by atoms with Gasteiger partial charge in [0, 0.05) is 4.88 Å². The van der Waals surface area contributed by atoms with E-state index in [1.807, 2.05) is 6.07 Å². The lowest BCUT2D eigenvalue weighted by Gasteiger charge is -2.07. The van der Waals surface area contributed by atoms with E-state index in [0.29, 0.717) is 4.88 Å². The lowest BCUT2D eigenvalue weighted by Crippen LogP contribution is -2.30. The first kappa shape index (κ1) is 11.1. The molecule has 2 N–H and O–H groups in total. The van der Waals surface area contributed by atoms with Gasteiger partial charge >= 0.3 is 5.97 Å². The van der Waals surface area contributed by atoms with Crippen LogP contribution in [0, 0.1) is 0 Å². The molecular formula is C11H13NO3S. The molecule has 0 aromatic carbocycles. The Labute approximate surface area is 97.4 Å². The highest BCUT2D eigenvalue weighted by Crippen LogP contribution is 2.31. The van der Waals surface area contributed by atoms with E-state index in [1.54, 1.807) is 0 Å². The molecule has 5 heteroatoms. The first-order valence-corrected chi connectivity index (χ1v) is 6.01. The van der Waals surface area contributed by atoms with Crippen molar-refractivity contribution in [2.45, 2.75) is 32.3 Å². The first-order valence-electron chi connectivity index (χ1n) is 5.20. The molecule has 0 saturated carbocycles. The monoisotopic (exact) mass is 239 g/mol. The van der Waals surface area contributed by atoms with E-state index in [4.69, 9.17) is 10.5 Å². The van der Waals surface area contributed by atoms with Gasteiger partial charge in [-0.25, -0.2) is 4.79 Å². The molecule has 2 rings (SSSR count). The van der Waals surface area contributed by atoms with Gasteiger partial charge in [0.15, 0.2) is 6.10 Å². The van der Waals surface area contributed by atoms with Gasteiger partial charge in [0.1, 0.15) is 4.88 Å². The molecule has 0 unspecified atom stereocenters. The zero-order valence-corrected chi connectivity index (χ0v) is 9.80. The minimum absolute atomic E-state index is 0.453. The van der Waals surface area contributed by atoms with Gasteiger partial charge in [-0.2, -0.15) is 0 Å². The van der Waals surface area contributed by atoms with Crippen LogP contribution in [0.25, 0.3) is 0 Å². The Bertz CT molecular complexity index is 417. The fourth-order valence-corrected chi connectivity index (χ4v) is 2.84. The number of aryl methyl sites for hydroxylation is 2. The highest BCUT2D eigenvalue weighted by Gasteiger charge is 2.21. The highest BCUT2D eigenvalue weighted by molar-refractivity contribution is 7.14. The van der Waals surface area contributed by atoms with Crippen molar-refractivity contribution in [3.05, 3.63) is 21.4 Å². The molecule has 0 aliphatic heterocycles. The molecule has 0 fully saturated rings. The summed E-state index contributed by atoms with van der Waals surface area (Å²) in [4.78, 5) is 24.2. The maximum Gasteiger partial charge on any atom is 0.349 e. The van der Waals surface area contributed by atoms with Crippen LogP contribution in [0.5, 0.6) is 0 Å². The van der Waals surface area contributed by atoms with E-state index >= 15 is 0 Å². The number of carbonyl (C=O) groups excluding carboxylic acids is 2. The lowest BCUT2D eigenvalue weighted by atomic mass is 10.2. The van der Waals surface area contributed by atoms with Crippen LogP contribution in [-0.2, 0) is 22.4 Å². The van der Waals surface area contributed by atoms with E-state index in [1.165, 1.54) is 28.7 Å². The second kappa shape index (κ2) is 4.25. The van der Waals surface area contributed by atoms with Crippen LogP contribution in [0.15, 0.2) is 6.07 Å². The fraction of sp³-hybridized carbons (Fsp3) is 0.455. The Morgan fingerprint density at radius 2 is 2.25 bits per heavy atom. The van der Waals surface area contributed by atoms with Gasteiger partial charge in [-0.3, -0.25) is 4.79 Å². The van der Waals surface area contributed by atoms with Crippen molar-refractivity contribution < 1.29 is 14.3 Å². The summed E-state index contributed by atoms with van der Waals surface area (Å²) < 4.78 is 4.93. The molecular weight excluding hydrogens is 226 g/mol. The number of esters is 1. The van der Waals surface area contributed by atoms with Crippen molar-refractivity contribution in [2.24, 2.45) is 5.73 Å². The van der Waals surface area contributed by atoms with Crippen molar-refractivity contribution in [3.8, 4) is 0 Å². The molecule has 0 radical (unpaired) electrons. The second-order valence-electron chi connectivity index (χ2n) is 3.86. The Hall–Kier alpha value is -1.36. The van der Waals surface area contributed by atoms with Crippen molar-refractivity contribution in [1.82, 2.24) is 0 Å². The van der Waals surface area contributed by atoms with E-state index in [0.717, 1.165) is 19.3 Å². The van der Waals surface area contributed by atoms with Crippen LogP contribution in [0.1, 0.15) is 33.5 Å². The number of rotatable bonds is 3. The lowest BCUT2D eigenvalue weighted by molar-refractivity contribution is -0.125. The summed E-state index contributed by atoms with van der Waals surface area (Å²) in [5.74, 6) is -1.08. The molecule has 0 bridgehead atoms. The molecule has 1 aromatic rings. The summed E-state index contributed by atoms with van der Waals surface area (Å²) in [7, 11) is 0. The number of nitrogens with two attached hydrogens (primary N) is 1. The van der Waals surface area contributed by atoms with Crippen molar-refractivity contribution in [1.29, 1.82) is 0 Å². The van der Waals surface area contributed by atoms with Gasteiger partial charge in [-0.15, -0.1) is 11.3 Å². The fourth-order valence-electron chi connectivity index (χ4n) is 1.71. The Kier molecular flexibility index (Phi) is 2.96. The van der Waals surface area contributed by atoms with Crippen molar-refractivity contribution in [2.75, 3.05) is 0 Å². The minimum atomic E-state index is -0.871. The summed E-state index contributed by atoms with van der Waals surface area (Å²) in [5.41, 5.74) is 6.26. The molecule has 1 heterocycles. The van der Waals surface area contributed by atoms with Gasteiger partial charge in [-0.05, 0) is 37.8 Å². The maximum atomic E-state index is 11.6. The molecule has 1 aliphatic rings. The number of ether oxygens (including phenoxy) is 1. The zero-order chi connectivity index (χ0) is 11.7. The largest absolute Gasteiger partial charge is 0.448 e. The average Bonchev–Trinajstić information content (AvgIpc) is 2.75. The second-order valence-corrected chi connectivity index (χ2v) is 5.00. The number of carbonyl (C=O) groups is 2. The third-order valence-electron chi connectivity index (χ3n) is 2.63. The van der Waals surface area contributed by atoms with Crippen molar-refractivity contribution >= 4 is 23.2 Å². The molecule has 1 amide bonds. The predicted molar refractivity (Wildman–Crippen MR) is 60.4 cm³/mol. The van der Waals surface area contributed by atoms with Gasteiger partial charge in [0.2, 0.25) is 0 Å². The number of amides is 1. The SMILES string of the molecule is C[C@@H](OC(=O)c1cc2c(s1)CCC2)C(N)=O. The van der Waals surface area contributed by atoms with E-state index in [-0.39, 0.29) is 0 Å². The molecule has 0 spiro atoms. The molecule has 0 saturated heterocycles. The third-order valence-corrected chi connectivity index (χ3v) is 3.85. The number of thiophene rings is 1. The summed E-state index contributed by atoms with van der Waals surface area (Å²) in [5, 5.41) is 0. The number of hydrogen-bond acceptors (Lipinski definition) is 4. The van der Waals surface area contributed by atoms with Gasteiger partial charge in [0.25, 0.3) is 5.91 Å². The van der Waals surface area contributed by atoms with Crippen molar-refractivity contribution in [3.63, 3.8) is 0 Å². The Balaban J connectivity index is 2.07. The summed E-state index contributed by atoms with van der Waals surface area (Å²) in [6.45, 7) is 1.47. The zero-order valence-electron chi connectivity index (χ0n) is 8.99. The maximum absolute atomic E-state index is 11.6. The van der Waals surface area contributed by atoms with Crippen LogP contribution in [0.2, 0.25) is 0 Å². The van der Waals surface area contributed by atoms with E-state index in [9.17, 15) is 9.59 Å². The van der Waals surface area contributed by atoms with Crippen LogP contribution >= 0.6 is 11.3 Å². The highest BCUT2D eigenvalue weighted by atomic mass is 32.1. The number of hydrogen-bond donors (Lipinski definition) is 1. The third kappa shape index (κ3) is 2.09. The normalized spacial score (nSPS) is 15.6. The summed E-state index contributed by atoms with van der Waals surface area (Å²) in [6, 6.07) is 1.86. The standard InChI is InChI=1S/C11H13NO3S/c1-6(10(12)13)15-11(14)9-5-7-3-2-4-8(7)16-9/h5-6H,2-4H2,1H3,(H2,12,13)/t6-/m1/s1. The molecule has 16 heavy (non-hydrogen) atoms. The van der Waals surface area contributed by atoms with Gasteiger partial charge in [-0.1, -0.05) is 0 Å². The van der Waals surface area contributed by atoms with Crippen LogP contribution in [0.4, 0.5) is 0 Å². The predicted octanol–water partition coefficient (Wildman–Crippen LogP) is 1.27. The molecule has 1 aromatic heterocycles. The quantitative estimate of drug-likeness (QED) is 0.807. The topological polar surface area (TPSA) is 69.4 Å². The smallest absolute Gasteiger partial charge is 0.349 e.